The zero-order valence-corrected chi connectivity index (χ0v) is 8.58. The molecule has 0 N–H and O–H groups in total. The van der Waals surface area contributed by atoms with Gasteiger partial charge in [-0.2, -0.15) is 0 Å². The number of hydrogen-bond donors (Lipinski definition) is 0. The van der Waals surface area contributed by atoms with Gasteiger partial charge in [0.15, 0.2) is 11.6 Å². The normalized spacial score (nSPS) is 18.6. The molecule has 0 unspecified atom stereocenters. The highest BCUT2D eigenvalue weighted by Crippen LogP contribution is 2.11. The number of likely N-dealkylation sites (tertiary alicyclic amines) is 1. The third kappa shape index (κ3) is 2.48. The standard InChI is InChI=1S/C10H15NO3/c1-7(12)10(8(2)13)11-5-3-9(14)4-6-11/h10H,3-6H2,1-2H3. The van der Waals surface area contributed by atoms with Gasteiger partial charge in [0.25, 0.3) is 0 Å². The van der Waals surface area contributed by atoms with Gasteiger partial charge in [-0.25, -0.2) is 0 Å². The average molecular weight is 197 g/mol. The minimum Gasteiger partial charge on any atom is -0.300 e. The molecule has 0 atom stereocenters. The van der Waals surface area contributed by atoms with E-state index in [1.165, 1.54) is 13.8 Å². The lowest BCUT2D eigenvalue weighted by molar-refractivity contribution is -0.135. The maximum atomic E-state index is 11.2. The Morgan fingerprint density at radius 3 is 1.93 bits per heavy atom. The lowest BCUT2D eigenvalue weighted by Crippen LogP contribution is -2.48. The van der Waals surface area contributed by atoms with Crippen molar-refractivity contribution in [3.8, 4) is 0 Å². The van der Waals surface area contributed by atoms with Crippen molar-refractivity contribution in [2.24, 2.45) is 0 Å². The van der Waals surface area contributed by atoms with Gasteiger partial charge in [0.1, 0.15) is 11.8 Å². The minimum atomic E-state index is -0.636. The Balaban J connectivity index is 2.65. The molecule has 0 aromatic rings. The van der Waals surface area contributed by atoms with E-state index in [2.05, 4.69) is 0 Å². The first kappa shape index (κ1) is 11.0. The average Bonchev–Trinajstić information content (AvgIpc) is 2.07. The molecule has 1 saturated heterocycles. The molecule has 0 aromatic carbocycles. The molecule has 0 saturated carbocycles. The fourth-order valence-corrected chi connectivity index (χ4v) is 1.83. The molecule has 1 fully saturated rings. The molecule has 1 rings (SSSR count). The molecule has 0 aliphatic carbocycles. The van der Waals surface area contributed by atoms with Gasteiger partial charge in [0.05, 0.1) is 0 Å². The van der Waals surface area contributed by atoms with Crippen molar-refractivity contribution in [1.29, 1.82) is 0 Å². The summed E-state index contributed by atoms with van der Waals surface area (Å²) < 4.78 is 0. The smallest absolute Gasteiger partial charge is 0.154 e. The molecule has 0 aromatic heterocycles. The molecule has 1 aliphatic heterocycles. The first-order chi connectivity index (χ1) is 6.52. The summed E-state index contributed by atoms with van der Waals surface area (Å²) in [6.07, 6.45) is 0.911. The molecule has 0 spiro atoms. The third-order valence-corrected chi connectivity index (χ3v) is 2.49. The molecule has 14 heavy (non-hydrogen) atoms. The zero-order chi connectivity index (χ0) is 10.7. The molecular formula is C10H15NO3. The van der Waals surface area contributed by atoms with Crippen LogP contribution in [0.2, 0.25) is 0 Å². The Kier molecular flexibility index (Phi) is 3.52. The van der Waals surface area contributed by atoms with E-state index in [-0.39, 0.29) is 17.3 Å². The van der Waals surface area contributed by atoms with Gasteiger partial charge in [-0.05, 0) is 13.8 Å². The van der Waals surface area contributed by atoms with Crippen LogP contribution in [-0.2, 0) is 14.4 Å². The fraction of sp³-hybridized carbons (Fsp3) is 0.700. The highest BCUT2D eigenvalue weighted by atomic mass is 16.2. The quantitative estimate of drug-likeness (QED) is 0.606. The van der Waals surface area contributed by atoms with Gasteiger partial charge < -0.3 is 0 Å². The number of rotatable bonds is 3. The van der Waals surface area contributed by atoms with Gasteiger partial charge >= 0.3 is 0 Å². The molecule has 78 valence electrons. The Bertz CT molecular complexity index is 249. The van der Waals surface area contributed by atoms with Crippen molar-refractivity contribution >= 4 is 17.3 Å². The number of carbonyl (C=O) groups is 3. The summed E-state index contributed by atoms with van der Waals surface area (Å²) in [5.41, 5.74) is 0. The lowest BCUT2D eigenvalue weighted by Gasteiger charge is -2.30. The summed E-state index contributed by atoms with van der Waals surface area (Å²) in [7, 11) is 0. The maximum absolute atomic E-state index is 11.2. The van der Waals surface area contributed by atoms with Crippen molar-refractivity contribution in [2.45, 2.75) is 32.7 Å². The Labute approximate surface area is 83.3 Å². The molecule has 0 radical (unpaired) electrons. The third-order valence-electron chi connectivity index (χ3n) is 2.49. The topological polar surface area (TPSA) is 54.5 Å². The molecular weight excluding hydrogens is 182 g/mol. The number of carbonyl (C=O) groups excluding carboxylic acids is 3. The highest BCUT2D eigenvalue weighted by Gasteiger charge is 2.29. The summed E-state index contributed by atoms with van der Waals surface area (Å²) in [5.74, 6) is -0.0502. The highest BCUT2D eigenvalue weighted by molar-refractivity contribution is 6.04. The van der Waals surface area contributed by atoms with E-state index in [4.69, 9.17) is 0 Å². The lowest BCUT2D eigenvalue weighted by atomic mass is 10.0. The summed E-state index contributed by atoms with van der Waals surface area (Å²) in [6, 6.07) is -0.636. The van der Waals surface area contributed by atoms with Crippen LogP contribution in [0.3, 0.4) is 0 Å². The van der Waals surface area contributed by atoms with Crippen LogP contribution in [0.25, 0.3) is 0 Å². The van der Waals surface area contributed by atoms with Crippen molar-refractivity contribution < 1.29 is 14.4 Å². The first-order valence-electron chi connectivity index (χ1n) is 4.79. The van der Waals surface area contributed by atoms with Crippen LogP contribution in [0.4, 0.5) is 0 Å². The van der Waals surface area contributed by atoms with E-state index in [0.717, 1.165) is 0 Å². The number of ketones is 3. The molecule has 0 amide bonds. The monoisotopic (exact) mass is 197 g/mol. The van der Waals surface area contributed by atoms with Crippen LogP contribution in [0.1, 0.15) is 26.7 Å². The maximum Gasteiger partial charge on any atom is 0.154 e. The predicted molar refractivity (Wildman–Crippen MR) is 51.0 cm³/mol. The van der Waals surface area contributed by atoms with E-state index in [9.17, 15) is 14.4 Å². The predicted octanol–water partition coefficient (Wildman–Crippen LogP) is 0.198. The second-order valence-corrected chi connectivity index (χ2v) is 3.70. The molecule has 1 heterocycles. The summed E-state index contributed by atoms with van der Waals surface area (Å²) in [4.78, 5) is 35.2. The van der Waals surface area contributed by atoms with Crippen LogP contribution in [0, 0.1) is 0 Å². The van der Waals surface area contributed by atoms with Gasteiger partial charge in [-0.3, -0.25) is 19.3 Å². The minimum absolute atomic E-state index is 0.133. The van der Waals surface area contributed by atoms with E-state index >= 15 is 0 Å². The molecule has 4 heteroatoms. The second-order valence-electron chi connectivity index (χ2n) is 3.70. The Morgan fingerprint density at radius 2 is 1.57 bits per heavy atom. The summed E-state index contributed by atoms with van der Waals surface area (Å²) in [5, 5.41) is 0. The van der Waals surface area contributed by atoms with Crippen LogP contribution < -0.4 is 0 Å². The van der Waals surface area contributed by atoms with E-state index in [1.807, 2.05) is 0 Å². The fourth-order valence-electron chi connectivity index (χ4n) is 1.83. The molecule has 4 nitrogen and oxygen atoms in total. The zero-order valence-electron chi connectivity index (χ0n) is 8.58. The van der Waals surface area contributed by atoms with Crippen LogP contribution in [0.15, 0.2) is 0 Å². The van der Waals surface area contributed by atoms with Crippen LogP contribution in [-0.4, -0.2) is 41.4 Å². The SMILES string of the molecule is CC(=O)C(C(C)=O)N1CCC(=O)CC1. The largest absolute Gasteiger partial charge is 0.300 e. The van der Waals surface area contributed by atoms with E-state index < -0.39 is 6.04 Å². The van der Waals surface area contributed by atoms with Crippen LogP contribution >= 0.6 is 0 Å². The summed E-state index contributed by atoms with van der Waals surface area (Å²) >= 11 is 0. The van der Waals surface area contributed by atoms with E-state index in [1.54, 1.807) is 4.90 Å². The van der Waals surface area contributed by atoms with E-state index in [0.29, 0.717) is 25.9 Å². The second kappa shape index (κ2) is 4.46. The number of hydrogen-bond acceptors (Lipinski definition) is 4. The van der Waals surface area contributed by atoms with Crippen molar-refractivity contribution in [3.63, 3.8) is 0 Å². The number of piperidine rings is 1. The number of Topliss-reactive ketones (excluding diaryl/α,β-unsaturated/α-hetero) is 3. The molecule has 0 bridgehead atoms. The van der Waals surface area contributed by atoms with Gasteiger partial charge in [-0.1, -0.05) is 0 Å². The first-order valence-corrected chi connectivity index (χ1v) is 4.79. The Morgan fingerprint density at radius 1 is 1.14 bits per heavy atom. The number of nitrogens with zero attached hydrogens (tertiary/aromatic N) is 1. The van der Waals surface area contributed by atoms with Crippen molar-refractivity contribution in [3.05, 3.63) is 0 Å². The van der Waals surface area contributed by atoms with Crippen molar-refractivity contribution in [1.82, 2.24) is 4.90 Å². The van der Waals surface area contributed by atoms with Gasteiger partial charge in [0, 0.05) is 25.9 Å². The van der Waals surface area contributed by atoms with Gasteiger partial charge in [0.2, 0.25) is 0 Å². The van der Waals surface area contributed by atoms with Gasteiger partial charge in [-0.15, -0.1) is 0 Å². The summed E-state index contributed by atoms with van der Waals surface area (Å²) in [6.45, 7) is 3.90. The molecule has 1 aliphatic rings. The van der Waals surface area contributed by atoms with Crippen molar-refractivity contribution in [2.75, 3.05) is 13.1 Å². The van der Waals surface area contributed by atoms with Crippen LogP contribution in [0.5, 0.6) is 0 Å². The Hall–Kier alpha value is -1.03.